The van der Waals surface area contributed by atoms with Gasteiger partial charge in [0.25, 0.3) is 10.0 Å². The van der Waals surface area contributed by atoms with Gasteiger partial charge in [-0.3, -0.25) is 9.52 Å². The molecular formula is C11H12N4O4S2. The Balaban J connectivity index is 2.14. The van der Waals surface area contributed by atoms with Crippen LogP contribution in [0.2, 0.25) is 0 Å². The third kappa shape index (κ3) is 3.89. The maximum Gasteiger partial charge on any atom is 0.312 e. The fourth-order valence-corrected chi connectivity index (χ4v) is 3.34. The molecule has 1 aromatic heterocycles. The molecule has 3 N–H and O–H groups in total. The van der Waals surface area contributed by atoms with Crippen LogP contribution in [0, 0.1) is 0 Å². The van der Waals surface area contributed by atoms with E-state index in [1.807, 2.05) is 0 Å². The highest BCUT2D eigenvalue weighted by Crippen LogP contribution is 2.21. The van der Waals surface area contributed by atoms with Crippen molar-refractivity contribution in [2.75, 3.05) is 17.6 Å². The first-order valence-corrected chi connectivity index (χ1v) is 7.98. The van der Waals surface area contributed by atoms with Crippen molar-refractivity contribution >= 4 is 38.1 Å². The number of hydrogen-bond acceptors (Lipinski definition) is 8. The summed E-state index contributed by atoms with van der Waals surface area (Å²) in [5, 5.41) is 7.83. The molecular weight excluding hydrogens is 316 g/mol. The highest BCUT2D eigenvalue weighted by Gasteiger charge is 2.17. The number of rotatable bonds is 5. The van der Waals surface area contributed by atoms with Crippen molar-refractivity contribution in [1.29, 1.82) is 0 Å². The van der Waals surface area contributed by atoms with Crippen LogP contribution < -0.4 is 10.5 Å². The molecule has 0 aliphatic heterocycles. The molecule has 1 heterocycles. The molecule has 0 unspecified atom stereocenters. The molecule has 0 atom stereocenters. The minimum atomic E-state index is -3.76. The Morgan fingerprint density at radius 2 is 2.00 bits per heavy atom. The summed E-state index contributed by atoms with van der Waals surface area (Å²) in [6.45, 7) is 0. The normalized spacial score (nSPS) is 11.1. The number of benzene rings is 1. The second kappa shape index (κ2) is 6.06. The summed E-state index contributed by atoms with van der Waals surface area (Å²) in [4.78, 5) is 11.2. The Labute approximate surface area is 125 Å². The molecule has 0 bridgehead atoms. The van der Waals surface area contributed by atoms with Gasteiger partial charge in [-0.1, -0.05) is 11.3 Å². The molecule has 10 heteroatoms. The Kier molecular flexibility index (Phi) is 4.38. The molecule has 2 rings (SSSR count). The summed E-state index contributed by atoms with van der Waals surface area (Å²) in [6.07, 6.45) is -0.0578. The van der Waals surface area contributed by atoms with E-state index in [4.69, 9.17) is 5.73 Å². The number of carbonyl (C=O) groups excluding carboxylic acids is 1. The lowest BCUT2D eigenvalue weighted by Crippen LogP contribution is -2.12. The van der Waals surface area contributed by atoms with Gasteiger partial charge in [-0.25, -0.2) is 8.42 Å². The Bertz CT molecular complexity index is 740. The minimum Gasteiger partial charge on any atom is -0.469 e. The zero-order valence-electron chi connectivity index (χ0n) is 10.9. The topological polar surface area (TPSA) is 124 Å². The summed E-state index contributed by atoms with van der Waals surface area (Å²) >= 11 is 0.963. The Morgan fingerprint density at radius 3 is 2.62 bits per heavy atom. The van der Waals surface area contributed by atoms with Crippen molar-refractivity contribution in [2.24, 2.45) is 0 Å². The van der Waals surface area contributed by atoms with Crippen molar-refractivity contribution in [3.63, 3.8) is 0 Å². The molecule has 0 radical (unpaired) electrons. The molecule has 8 nitrogen and oxygen atoms in total. The zero-order valence-corrected chi connectivity index (χ0v) is 12.6. The number of anilines is 2. The zero-order chi connectivity index (χ0) is 15.5. The Morgan fingerprint density at radius 1 is 1.33 bits per heavy atom. The predicted molar refractivity (Wildman–Crippen MR) is 77.3 cm³/mol. The number of sulfonamides is 1. The van der Waals surface area contributed by atoms with E-state index in [-0.39, 0.29) is 16.4 Å². The molecule has 112 valence electrons. The highest BCUT2D eigenvalue weighted by atomic mass is 32.2. The maximum atomic E-state index is 12.1. The first-order valence-electron chi connectivity index (χ1n) is 5.68. The van der Waals surface area contributed by atoms with Crippen LogP contribution in [0.1, 0.15) is 5.01 Å². The van der Waals surface area contributed by atoms with Crippen molar-refractivity contribution < 1.29 is 17.9 Å². The third-order valence-electron chi connectivity index (χ3n) is 2.40. The number of nitrogens with zero attached hydrogens (tertiary/aromatic N) is 2. The van der Waals surface area contributed by atoms with Crippen LogP contribution in [-0.4, -0.2) is 31.7 Å². The van der Waals surface area contributed by atoms with Gasteiger partial charge >= 0.3 is 5.97 Å². The van der Waals surface area contributed by atoms with Crippen molar-refractivity contribution in [1.82, 2.24) is 10.2 Å². The molecule has 0 saturated heterocycles. The molecule has 1 aromatic carbocycles. The largest absolute Gasteiger partial charge is 0.469 e. The van der Waals surface area contributed by atoms with Crippen LogP contribution in [0.4, 0.5) is 10.8 Å². The van der Waals surface area contributed by atoms with Gasteiger partial charge in [0.1, 0.15) is 5.01 Å². The van der Waals surface area contributed by atoms with Crippen LogP contribution in [0.25, 0.3) is 0 Å². The van der Waals surface area contributed by atoms with E-state index in [9.17, 15) is 13.2 Å². The van der Waals surface area contributed by atoms with Crippen LogP contribution in [0.5, 0.6) is 0 Å². The molecule has 0 aliphatic carbocycles. The van der Waals surface area contributed by atoms with E-state index < -0.39 is 16.0 Å². The molecule has 2 aromatic rings. The van der Waals surface area contributed by atoms with Crippen LogP contribution in [-0.2, 0) is 26.0 Å². The fraction of sp³-hybridized carbons (Fsp3) is 0.182. The van der Waals surface area contributed by atoms with Crippen molar-refractivity contribution in [2.45, 2.75) is 11.3 Å². The lowest BCUT2D eigenvalue weighted by atomic mass is 10.3. The molecule has 0 fully saturated rings. The van der Waals surface area contributed by atoms with E-state index in [1.165, 1.54) is 31.4 Å². The number of nitrogens with one attached hydrogen (secondary N) is 1. The molecule has 0 aliphatic rings. The van der Waals surface area contributed by atoms with Gasteiger partial charge in [0.2, 0.25) is 5.13 Å². The number of methoxy groups -OCH3 is 1. The van der Waals surface area contributed by atoms with Gasteiger partial charge in [0, 0.05) is 5.69 Å². The maximum absolute atomic E-state index is 12.1. The lowest BCUT2D eigenvalue weighted by molar-refractivity contribution is -0.139. The number of ether oxygens (including phenoxy) is 1. The summed E-state index contributed by atoms with van der Waals surface area (Å²) in [5.74, 6) is -0.473. The van der Waals surface area contributed by atoms with E-state index in [0.29, 0.717) is 10.7 Å². The number of aromatic nitrogens is 2. The summed E-state index contributed by atoms with van der Waals surface area (Å²) < 4.78 is 31.0. The van der Waals surface area contributed by atoms with E-state index in [0.717, 1.165) is 11.3 Å². The van der Waals surface area contributed by atoms with Gasteiger partial charge < -0.3 is 10.5 Å². The van der Waals surface area contributed by atoms with Crippen molar-refractivity contribution in [3.05, 3.63) is 29.3 Å². The van der Waals surface area contributed by atoms with Crippen LogP contribution in [0.15, 0.2) is 29.2 Å². The second-order valence-corrected chi connectivity index (χ2v) is 6.67. The van der Waals surface area contributed by atoms with Crippen molar-refractivity contribution in [3.8, 4) is 0 Å². The first-order chi connectivity index (χ1) is 9.90. The monoisotopic (exact) mass is 328 g/mol. The van der Waals surface area contributed by atoms with Gasteiger partial charge in [-0.15, -0.1) is 10.2 Å². The van der Waals surface area contributed by atoms with E-state index in [1.54, 1.807) is 0 Å². The van der Waals surface area contributed by atoms with Gasteiger partial charge in [-0.05, 0) is 24.3 Å². The molecule has 0 amide bonds. The molecule has 0 spiro atoms. The lowest BCUT2D eigenvalue weighted by Gasteiger charge is -2.04. The van der Waals surface area contributed by atoms with E-state index in [2.05, 4.69) is 19.7 Å². The van der Waals surface area contributed by atoms with E-state index >= 15 is 0 Å². The third-order valence-corrected chi connectivity index (χ3v) is 4.72. The number of esters is 1. The minimum absolute atomic E-state index is 0.0569. The summed E-state index contributed by atoms with van der Waals surface area (Å²) in [6, 6.07) is 5.73. The molecule has 21 heavy (non-hydrogen) atoms. The average molecular weight is 328 g/mol. The van der Waals surface area contributed by atoms with Crippen LogP contribution in [0.3, 0.4) is 0 Å². The first kappa shape index (κ1) is 15.2. The quantitative estimate of drug-likeness (QED) is 0.609. The van der Waals surface area contributed by atoms with Gasteiger partial charge in [0.15, 0.2) is 0 Å². The fourth-order valence-electron chi connectivity index (χ4n) is 1.38. The highest BCUT2D eigenvalue weighted by molar-refractivity contribution is 7.93. The smallest absolute Gasteiger partial charge is 0.312 e. The standard InChI is InChI=1S/C11H12N4O4S2/c1-19-10(16)6-9-13-14-11(20-9)15-21(17,18)8-4-2-7(12)3-5-8/h2-5H,6,12H2,1H3,(H,14,15). The average Bonchev–Trinajstić information content (AvgIpc) is 2.85. The number of nitrogen functional groups attached to an aromatic ring is 1. The Hall–Kier alpha value is -2.20. The SMILES string of the molecule is COC(=O)Cc1nnc(NS(=O)(=O)c2ccc(N)cc2)s1. The summed E-state index contributed by atoms with van der Waals surface area (Å²) in [7, 11) is -2.51. The number of hydrogen-bond donors (Lipinski definition) is 2. The predicted octanol–water partition coefficient (Wildman–Crippen LogP) is 0.637. The number of nitrogens with two attached hydrogens (primary N) is 1. The number of carbonyl (C=O) groups is 1. The summed E-state index contributed by atoms with van der Waals surface area (Å²) in [5.41, 5.74) is 5.97. The van der Waals surface area contributed by atoms with Crippen LogP contribution >= 0.6 is 11.3 Å². The van der Waals surface area contributed by atoms with Gasteiger partial charge in [-0.2, -0.15) is 0 Å². The van der Waals surface area contributed by atoms with Gasteiger partial charge in [0.05, 0.1) is 18.4 Å². The molecule has 0 saturated carbocycles. The second-order valence-electron chi connectivity index (χ2n) is 3.93.